The fourth-order valence-electron chi connectivity index (χ4n) is 2.74. The summed E-state index contributed by atoms with van der Waals surface area (Å²) in [5, 5.41) is 11.0. The quantitative estimate of drug-likeness (QED) is 0.838. The smallest absolute Gasteiger partial charge is 0.326 e. The van der Waals surface area contributed by atoms with Gasteiger partial charge in [-0.2, -0.15) is 8.42 Å². The van der Waals surface area contributed by atoms with Crippen LogP contribution in [0.2, 0.25) is 0 Å². The van der Waals surface area contributed by atoms with Gasteiger partial charge in [0.2, 0.25) is 0 Å². The van der Waals surface area contributed by atoms with E-state index in [1.165, 1.54) is 12.1 Å². The number of rotatable bonds is 4. The Labute approximate surface area is 144 Å². The number of pyridine rings is 1. The highest BCUT2D eigenvalue weighted by molar-refractivity contribution is 7.92. The topological polar surface area (TPSA) is 109 Å². The van der Waals surface area contributed by atoms with Crippen molar-refractivity contribution in [3.05, 3.63) is 34.7 Å². The van der Waals surface area contributed by atoms with Gasteiger partial charge in [0.1, 0.15) is 12.3 Å². The molecule has 0 saturated carbocycles. The van der Waals surface area contributed by atoms with Crippen LogP contribution in [0.25, 0.3) is 10.8 Å². The Kier molecular flexibility index (Phi) is 4.19. The normalized spacial score (nSPS) is 16.6. The van der Waals surface area contributed by atoms with Crippen LogP contribution in [0.1, 0.15) is 20.3 Å². The van der Waals surface area contributed by atoms with E-state index < -0.39 is 22.7 Å². The lowest BCUT2D eigenvalue weighted by Crippen LogP contribution is -2.29. The summed E-state index contributed by atoms with van der Waals surface area (Å²) < 4.78 is 28.1. The number of anilines is 1. The first kappa shape index (κ1) is 17.3. The summed E-state index contributed by atoms with van der Waals surface area (Å²) in [4.78, 5) is 24.1. The minimum absolute atomic E-state index is 0.0930. The number of aromatic hydroxyl groups is 1. The van der Waals surface area contributed by atoms with E-state index in [9.17, 15) is 23.1 Å². The molecule has 0 spiro atoms. The maximum Gasteiger partial charge on any atom is 0.326 e. The molecule has 2 aromatic rings. The van der Waals surface area contributed by atoms with E-state index >= 15 is 0 Å². The van der Waals surface area contributed by atoms with E-state index in [-0.39, 0.29) is 22.4 Å². The van der Waals surface area contributed by atoms with Crippen molar-refractivity contribution >= 4 is 32.6 Å². The molecule has 1 aromatic carbocycles. The summed E-state index contributed by atoms with van der Waals surface area (Å²) in [6.07, 6.45) is 2.49. The number of aryl methyl sites for hydroxylation is 1. The second-order valence-electron chi connectivity index (χ2n) is 6.46. The molecule has 2 heterocycles. The monoisotopic (exact) mass is 365 g/mol. The fourth-order valence-corrected chi connectivity index (χ4v) is 3.90. The molecule has 0 unspecified atom stereocenters. The molecule has 0 radical (unpaired) electrons. The van der Waals surface area contributed by atoms with Crippen LogP contribution in [0.5, 0.6) is 5.75 Å². The van der Waals surface area contributed by atoms with E-state index in [0.29, 0.717) is 17.8 Å². The van der Waals surface area contributed by atoms with Crippen LogP contribution in [-0.4, -0.2) is 30.5 Å². The van der Waals surface area contributed by atoms with Gasteiger partial charge < -0.3 is 9.67 Å². The van der Waals surface area contributed by atoms with Gasteiger partial charge >= 0.3 is 10.2 Å². The van der Waals surface area contributed by atoms with Crippen LogP contribution >= 0.6 is 0 Å². The number of phenolic OH excluding ortho intramolecular Hbond substituents is 1. The molecule has 1 aliphatic rings. The van der Waals surface area contributed by atoms with E-state index in [4.69, 9.17) is 0 Å². The standard InChI is InChI=1S/C16H19N3O5S/c1-10(2)3-5-18-6-4-11-7-14(20)13(8-12(11)16(18)22)19-9-15(21)17-25(19,23)24/h4,6-8,10,20H,3,5,9H2,1-2H3,(H,17,21). The average molecular weight is 365 g/mol. The summed E-state index contributed by atoms with van der Waals surface area (Å²) in [5.74, 6) is -0.571. The van der Waals surface area contributed by atoms with Gasteiger partial charge in [-0.25, -0.2) is 9.03 Å². The summed E-state index contributed by atoms with van der Waals surface area (Å²) in [6, 6.07) is 4.34. The zero-order chi connectivity index (χ0) is 18.4. The third kappa shape index (κ3) is 3.19. The van der Waals surface area contributed by atoms with Crippen molar-refractivity contribution in [2.75, 3.05) is 10.8 Å². The molecule has 134 valence electrons. The van der Waals surface area contributed by atoms with Crippen molar-refractivity contribution in [1.82, 2.24) is 9.29 Å². The molecule has 1 aromatic heterocycles. The molecular formula is C16H19N3O5S. The number of carbonyl (C=O) groups is 1. The van der Waals surface area contributed by atoms with Crippen molar-refractivity contribution in [3.63, 3.8) is 0 Å². The Morgan fingerprint density at radius 3 is 2.60 bits per heavy atom. The number of hydrogen-bond donors (Lipinski definition) is 2. The van der Waals surface area contributed by atoms with Gasteiger partial charge in [0.15, 0.2) is 0 Å². The highest BCUT2D eigenvalue weighted by atomic mass is 32.2. The number of carbonyl (C=O) groups excluding carboxylic acids is 1. The van der Waals surface area contributed by atoms with Gasteiger partial charge in [0.25, 0.3) is 11.5 Å². The lowest BCUT2D eigenvalue weighted by molar-refractivity contribution is -0.117. The van der Waals surface area contributed by atoms with Gasteiger partial charge in [-0.05, 0) is 35.9 Å². The Balaban J connectivity index is 2.12. The number of phenols is 1. The highest BCUT2D eigenvalue weighted by Gasteiger charge is 2.35. The largest absolute Gasteiger partial charge is 0.506 e. The third-order valence-electron chi connectivity index (χ3n) is 4.11. The molecule has 1 fully saturated rings. The van der Waals surface area contributed by atoms with Crippen molar-refractivity contribution in [3.8, 4) is 5.75 Å². The Hall–Kier alpha value is -2.55. The Morgan fingerprint density at radius 2 is 2.00 bits per heavy atom. The van der Waals surface area contributed by atoms with E-state index in [1.807, 2.05) is 4.72 Å². The minimum atomic E-state index is -4.06. The first-order valence-corrected chi connectivity index (χ1v) is 9.32. The number of aromatic nitrogens is 1. The lowest BCUT2D eigenvalue weighted by atomic mass is 10.1. The number of amides is 1. The highest BCUT2D eigenvalue weighted by Crippen LogP contribution is 2.33. The first-order chi connectivity index (χ1) is 11.7. The van der Waals surface area contributed by atoms with Gasteiger partial charge in [-0.3, -0.25) is 9.59 Å². The predicted octanol–water partition coefficient (Wildman–Crippen LogP) is 0.934. The van der Waals surface area contributed by atoms with Crippen LogP contribution in [0, 0.1) is 5.92 Å². The Bertz CT molecular complexity index is 1010. The molecule has 3 rings (SSSR count). The number of nitrogens with one attached hydrogen (secondary N) is 1. The number of fused-ring (bicyclic) bond motifs is 1. The van der Waals surface area contributed by atoms with Gasteiger partial charge in [0.05, 0.1) is 5.69 Å². The molecule has 1 saturated heterocycles. The Morgan fingerprint density at radius 1 is 1.28 bits per heavy atom. The van der Waals surface area contributed by atoms with E-state index in [2.05, 4.69) is 13.8 Å². The van der Waals surface area contributed by atoms with Crippen molar-refractivity contribution in [1.29, 1.82) is 0 Å². The zero-order valence-electron chi connectivity index (χ0n) is 13.9. The lowest BCUT2D eigenvalue weighted by Gasteiger charge is -2.17. The second kappa shape index (κ2) is 6.07. The molecule has 8 nitrogen and oxygen atoms in total. The SMILES string of the molecule is CC(C)CCn1ccc2cc(O)c(N3CC(=O)NS3(=O)=O)cc2c1=O. The number of nitrogens with zero attached hydrogens (tertiary/aromatic N) is 2. The minimum Gasteiger partial charge on any atom is -0.506 e. The van der Waals surface area contributed by atoms with Crippen molar-refractivity contribution in [2.24, 2.45) is 5.92 Å². The molecular weight excluding hydrogens is 346 g/mol. The summed E-state index contributed by atoms with van der Waals surface area (Å²) in [7, 11) is -4.06. The third-order valence-corrected chi connectivity index (χ3v) is 5.50. The predicted molar refractivity (Wildman–Crippen MR) is 93.7 cm³/mol. The summed E-state index contributed by atoms with van der Waals surface area (Å²) in [5.41, 5.74) is -0.361. The second-order valence-corrected chi connectivity index (χ2v) is 8.06. The number of hydrogen-bond acceptors (Lipinski definition) is 5. The van der Waals surface area contributed by atoms with Crippen LogP contribution < -0.4 is 14.6 Å². The van der Waals surface area contributed by atoms with E-state index in [0.717, 1.165) is 10.7 Å². The maximum absolute atomic E-state index is 12.7. The average Bonchev–Trinajstić information content (AvgIpc) is 2.78. The maximum atomic E-state index is 12.7. The van der Waals surface area contributed by atoms with Crippen LogP contribution in [0.3, 0.4) is 0 Å². The van der Waals surface area contributed by atoms with E-state index in [1.54, 1.807) is 16.8 Å². The first-order valence-electron chi connectivity index (χ1n) is 7.88. The molecule has 0 atom stereocenters. The molecule has 0 aliphatic carbocycles. The molecule has 1 aliphatic heterocycles. The van der Waals surface area contributed by atoms with Crippen LogP contribution in [-0.2, 0) is 21.5 Å². The summed E-state index contributed by atoms with van der Waals surface area (Å²) >= 11 is 0. The van der Waals surface area contributed by atoms with Gasteiger partial charge in [0, 0.05) is 18.1 Å². The zero-order valence-corrected chi connectivity index (χ0v) is 14.7. The van der Waals surface area contributed by atoms with Crippen LogP contribution in [0.4, 0.5) is 5.69 Å². The summed E-state index contributed by atoms with van der Waals surface area (Å²) in [6.45, 7) is 4.23. The van der Waals surface area contributed by atoms with Gasteiger partial charge in [-0.15, -0.1) is 0 Å². The molecule has 0 bridgehead atoms. The van der Waals surface area contributed by atoms with Crippen molar-refractivity contribution < 1.29 is 18.3 Å². The molecule has 1 amide bonds. The molecule has 25 heavy (non-hydrogen) atoms. The van der Waals surface area contributed by atoms with Crippen LogP contribution in [0.15, 0.2) is 29.2 Å². The fraction of sp³-hybridized carbons (Fsp3) is 0.375. The molecule has 2 N–H and O–H groups in total. The van der Waals surface area contributed by atoms with Crippen molar-refractivity contribution in [2.45, 2.75) is 26.8 Å². The molecule has 9 heteroatoms. The number of benzene rings is 1. The van der Waals surface area contributed by atoms with Gasteiger partial charge in [-0.1, -0.05) is 13.8 Å².